The molecule has 0 saturated carbocycles. The zero-order valence-electron chi connectivity index (χ0n) is 19.9. The van der Waals surface area contributed by atoms with Gasteiger partial charge < -0.3 is 20.1 Å². The van der Waals surface area contributed by atoms with Crippen molar-refractivity contribution >= 4 is 17.8 Å². The summed E-state index contributed by atoms with van der Waals surface area (Å²) in [6, 6.07) is 7.27. The molecule has 0 aliphatic rings. The number of nitrogens with one attached hydrogen (secondary N) is 2. The van der Waals surface area contributed by atoms with Crippen LogP contribution in [0.5, 0.6) is 5.75 Å². The number of esters is 1. The van der Waals surface area contributed by atoms with E-state index in [1.807, 2.05) is 38.1 Å². The maximum absolute atomic E-state index is 13.1. The second-order valence-electron chi connectivity index (χ2n) is 9.31. The minimum absolute atomic E-state index is 0.0245. The molecule has 2 atom stereocenters. The molecule has 0 spiro atoms. The number of hydrogen-bond donors (Lipinski definition) is 2. The third-order valence-electron chi connectivity index (χ3n) is 4.54. The van der Waals surface area contributed by atoms with Gasteiger partial charge in [-0.05, 0) is 57.2 Å². The van der Waals surface area contributed by atoms with Crippen LogP contribution in [0, 0.1) is 11.8 Å². The SMILES string of the molecule is COc1ccc(C[C@@H](CNC(C)=O)NC(=O)[C@@H](CC(=O)OC(C)(C)C)CC(C)C)cc1. The topological polar surface area (TPSA) is 93.7 Å². The van der Waals surface area contributed by atoms with Crippen molar-refractivity contribution < 1.29 is 23.9 Å². The zero-order chi connectivity index (χ0) is 23.6. The normalized spacial score (nSPS) is 13.3. The fraction of sp³-hybridized carbons (Fsp3) is 0.625. The van der Waals surface area contributed by atoms with Gasteiger partial charge in [0.1, 0.15) is 11.4 Å². The molecule has 2 amide bonds. The van der Waals surface area contributed by atoms with Crippen LogP contribution in [0.1, 0.15) is 59.9 Å². The smallest absolute Gasteiger partial charge is 0.307 e. The number of methoxy groups -OCH3 is 1. The molecule has 0 aliphatic heterocycles. The van der Waals surface area contributed by atoms with Crippen molar-refractivity contribution in [3.05, 3.63) is 29.8 Å². The first-order valence-electron chi connectivity index (χ1n) is 10.8. The summed E-state index contributed by atoms with van der Waals surface area (Å²) in [5, 5.41) is 5.81. The Morgan fingerprint density at radius 2 is 1.68 bits per heavy atom. The maximum atomic E-state index is 13.1. The van der Waals surface area contributed by atoms with Gasteiger partial charge >= 0.3 is 5.97 Å². The van der Waals surface area contributed by atoms with E-state index in [1.165, 1.54) is 6.92 Å². The van der Waals surface area contributed by atoms with Crippen LogP contribution in [0.2, 0.25) is 0 Å². The summed E-state index contributed by atoms with van der Waals surface area (Å²) in [6.45, 7) is 11.2. The summed E-state index contributed by atoms with van der Waals surface area (Å²) < 4.78 is 10.6. The molecule has 7 heteroatoms. The van der Waals surface area contributed by atoms with Gasteiger partial charge in [-0.15, -0.1) is 0 Å². The van der Waals surface area contributed by atoms with E-state index in [0.717, 1.165) is 11.3 Å². The molecule has 0 aromatic heterocycles. The van der Waals surface area contributed by atoms with E-state index in [-0.39, 0.29) is 36.2 Å². The molecule has 0 fully saturated rings. The highest BCUT2D eigenvalue weighted by Gasteiger charge is 2.27. The van der Waals surface area contributed by atoms with Gasteiger partial charge in [-0.3, -0.25) is 14.4 Å². The van der Waals surface area contributed by atoms with Crippen molar-refractivity contribution in [3.8, 4) is 5.75 Å². The van der Waals surface area contributed by atoms with Crippen LogP contribution in [0.25, 0.3) is 0 Å². The maximum Gasteiger partial charge on any atom is 0.307 e. The quantitative estimate of drug-likeness (QED) is 0.522. The second kappa shape index (κ2) is 12.3. The lowest BCUT2D eigenvalue weighted by Gasteiger charge is -2.25. The minimum Gasteiger partial charge on any atom is -0.497 e. The molecule has 0 heterocycles. The number of carbonyl (C=O) groups is 3. The van der Waals surface area contributed by atoms with Gasteiger partial charge in [-0.1, -0.05) is 26.0 Å². The number of rotatable bonds is 11. The molecule has 1 aromatic rings. The molecular formula is C24H38N2O5. The Balaban J connectivity index is 2.90. The summed E-state index contributed by atoms with van der Waals surface area (Å²) >= 11 is 0. The van der Waals surface area contributed by atoms with Crippen LogP contribution in [-0.2, 0) is 25.5 Å². The van der Waals surface area contributed by atoms with Gasteiger partial charge in [-0.25, -0.2) is 0 Å². The highest BCUT2D eigenvalue weighted by Crippen LogP contribution is 2.20. The largest absolute Gasteiger partial charge is 0.497 e. The van der Waals surface area contributed by atoms with Crippen LogP contribution in [-0.4, -0.2) is 43.1 Å². The molecule has 0 unspecified atom stereocenters. The number of carbonyl (C=O) groups excluding carboxylic acids is 3. The van der Waals surface area contributed by atoms with Crippen molar-refractivity contribution in [2.45, 2.75) is 72.4 Å². The van der Waals surface area contributed by atoms with Crippen LogP contribution in [0.3, 0.4) is 0 Å². The molecule has 1 rings (SSSR count). The summed E-state index contributed by atoms with van der Waals surface area (Å²) in [6.07, 6.45) is 1.13. The average molecular weight is 435 g/mol. The first kappa shape index (κ1) is 26.5. The second-order valence-corrected chi connectivity index (χ2v) is 9.31. The third-order valence-corrected chi connectivity index (χ3v) is 4.54. The minimum atomic E-state index is -0.599. The van der Waals surface area contributed by atoms with Gasteiger partial charge in [-0.2, -0.15) is 0 Å². The number of hydrogen-bond acceptors (Lipinski definition) is 5. The van der Waals surface area contributed by atoms with Crippen molar-refractivity contribution in [3.63, 3.8) is 0 Å². The molecule has 31 heavy (non-hydrogen) atoms. The number of benzene rings is 1. The van der Waals surface area contributed by atoms with Gasteiger partial charge in [0, 0.05) is 19.4 Å². The van der Waals surface area contributed by atoms with Crippen molar-refractivity contribution in [1.82, 2.24) is 10.6 Å². The van der Waals surface area contributed by atoms with E-state index < -0.39 is 11.5 Å². The van der Waals surface area contributed by atoms with Gasteiger partial charge in [0.15, 0.2) is 0 Å². The standard InChI is InChI=1S/C24H38N2O5/c1-16(2)12-19(14-22(28)31-24(4,5)6)23(29)26-20(15-25-17(3)27)13-18-8-10-21(30-7)11-9-18/h8-11,16,19-20H,12-15H2,1-7H3,(H,25,27)(H,26,29)/t19-,20+/m1/s1. The molecule has 0 radical (unpaired) electrons. The summed E-state index contributed by atoms with van der Waals surface area (Å²) in [4.78, 5) is 36.8. The lowest BCUT2D eigenvalue weighted by atomic mass is 9.92. The van der Waals surface area contributed by atoms with Crippen LogP contribution < -0.4 is 15.4 Å². The van der Waals surface area contributed by atoms with E-state index in [1.54, 1.807) is 27.9 Å². The van der Waals surface area contributed by atoms with Crippen molar-refractivity contribution in [2.75, 3.05) is 13.7 Å². The Morgan fingerprint density at radius 3 is 2.16 bits per heavy atom. The first-order valence-corrected chi connectivity index (χ1v) is 10.8. The number of amides is 2. The Labute approximate surface area is 186 Å². The van der Waals surface area contributed by atoms with Gasteiger partial charge in [0.25, 0.3) is 0 Å². The molecular weight excluding hydrogens is 396 g/mol. The van der Waals surface area contributed by atoms with Gasteiger partial charge in [0.2, 0.25) is 11.8 Å². The zero-order valence-corrected chi connectivity index (χ0v) is 19.9. The van der Waals surface area contributed by atoms with Gasteiger partial charge in [0.05, 0.1) is 19.6 Å². The molecule has 7 nitrogen and oxygen atoms in total. The lowest BCUT2D eigenvalue weighted by molar-refractivity contribution is -0.157. The number of ether oxygens (including phenoxy) is 2. The Morgan fingerprint density at radius 1 is 1.06 bits per heavy atom. The average Bonchev–Trinajstić information content (AvgIpc) is 2.64. The Hall–Kier alpha value is -2.57. The lowest BCUT2D eigenvalue weighted by Crippen LogP contribution is -2.47. The highest BCUT2D eigenvalue weighted by atomic mass is 16.6. The highest BCUT2D eigenvalue weighted by molar-refractivity contribution is 5.84. The van der Waals surface area contributed by atoms with E-state index in [2.05, 4.69) is 10.6 Å². The predicted octanol–water partition coefficient (Wildman–Crippen LogP) is 3.25. The van der Waals surface area contributed by atoms with E-state index in [9.17, 15) is 14.4 Å². The fourth-order valence-electron chi connectivity index (χ4n) is 3.24. The molecule has 0 saturated heterocycles. The Kier molecular flexibility index (Phi) is 10.5. The van der Waals surface area contributed by atoms with Crippen LogP contribution in [0.4, 0.5) is 0 Å². The van der Waals surface area contributed by atoms with Crippen LogP contribution >= 0.6 is 0 Å². The van der Waals surface area contributed by atoms with E-state index in [0.29, 0.717) is 19.4 Å². The molecule has 1 aromatic carbocycles. The predicted molar refractivity (Wildman–Crippen MR) is 121 cm³/mol. The van der Waals surface area contributed by atoms with E-state index in [4.69, 9.17) is 9.47 Å². The Bertz CT molecular complexity index is 722. The molecule has 0 bridgehead atoms. The molecule has 174 valence electrons. The van der Waals surface area contributed by atoms with Crippen molar-refractivity contribution in [1.29, 1.82) is 0 Å². The summed E-state index contributed by atoms with van der Waals surface area (Å²) in [5.74, 6) is -0.258. The monoisotopic (exact) mass is 434 g/mol. The first-order chi connectivity index (χ1) is 14.4. The third kappa shape index (κ3) is 11.4. The summed E-state index contributed by atoms with van der Waals surface area (Å²) in [5.41, 5.74) is 0.405. The van der Waals surface area contributed by atoms with E-state index >= 15 is 0 Å². The fourth-order valence-corrected chi connectivity index (χ4v) is 3.24. The summed E-state index contributed by atoms with van der Waals surface area (Å²) in [7, 11) is 1.61. The molecule has 0 aliphatic carbocycles. The molecule has 2 N–H and O–H groups in total. The van der Waals surface area contributed by atoms with Crippen molar-refractivity contribution in [2.24, 2.45) is 11.8 Å². The van der Waals surface area contributed by atoms with Crippen LogP contribution in [0.15, 0.2) is 24.3 Å².